The lowest BCUT2D eigenvalue weighted by atomic mass is 10.0. The zero-order chi connectivity index (χ0) is 25.9. The highest BCUT2D eigenvalue weighted by Gasteiger charge is 2.16. The van der Waals surface area contributed by atoms with Gasteiger partial charge in [-0.25, -0.2) is 19.2 Å². The predicted octanol–water partition coefficient (Wildman–Crippen LogP) is 4.86. The Morgan fingerprint density at radius 2 is 1.84 bits per heavy atom. The number of pyridine rings is 2. The molecule has 0 aliphatic heterocycles. The fraction of sp³-hybridized carbons (Fsp3) is 0.143. The average molecular weight is 497 g/mol. The molecular formula is C28H25FN6O2. The Balaban J connectivity index is 1.26. The Bertz CT molecular complexity index is 1640. The first kappa shape index (κ1) is 23.9. The normalized spacial score (nSPS) is 11.9. The lowest BCUT2D eigenvalue weighted by Gasteiger charge is -2.17. The van der Waals surface area contributed by atoms with Crippen molar-refractivity contribution in [2.24, 2.45) is 0 Å². The van der Waals surface area contributed by atoms with Crippen molar-refractivity contribution in [1.29, 1.82) is 0 Å². The van der Waals surface area contributed by atoms with Crippen LogP contribution < -0.4 is 16.3 Å². The van der Waals surface area contributed by atoms with E-state index in [4.69, 9.17) is 0 Å². The molecule has 0 radical (unpaired) electrons. The van der Waals surface area contributed by atoms with Gasteiger partial charge < -0.3 is 15.6 Å². The first-order valence-electron chi connectivity index (χ1n) is 11.8. The number of H-pyrrole nitrogens is 2. The number of nitrogens with one attached hydrogen (secondary N) is 4. The smallest absolute Gasteiger partial charge is 0.325 e. The minimum absolute atomic E-state index is 0.272. The van der Waals surface area contributed by atoms with Gasteiger partial charge in [-0.1, -0.05) is 36.4 Å². The Kier molecular flexibility index (Phi) is 6.51. The number of carbonyl (C=O) groups excluding carboxylic acids is 1. The van der Waals surface area contributed by atoms with Gasteiger partial charge in [0.25, 0.3) is 5.91 Å². The van der Waals surface area contributed by atoms with Crippen LogP contribution in [0.2, 0.25) is 0 Å². The molecule has 9 heteroatoms. The summed E-state index contributed by atoms with van der Waals surface area (Å²) < 4.78 is 13.6. The number of amides is 1. The van der Waals surface area contributed by atoms with Crippen LogP contribution in [-0.2, 0) is 6.54 Å². The summed E-state index contributed by atoms with van der Waals surface area (Å²) in [6, 6.07) is 17.7. The molecule has 0 unspecified atom stereocenters. The van der Waals surface area contributed by atoms with Gasteiger partial charge in [0.2, 0.25) is 0 Å². The standard InChI is InChI=1S/C28H25FN6O2/c1-16-12-20(9-10-23(16)29)17(2)33-27(36)22-4-3-11-30-25(22)31-14-18-5-7-19(8-6-18)21-13-24-26(32-15-21)35-28(37)34-24/h3-13,15,17H,14H2,1-2H3,(H,30,31)(H,33,36)(H2,32,34,35,37)/t17-/m0/s1. The molecule has 1 atom stereocenters. The number of fused-ring (bicyclic) bond motifs is 1. The molecule has 0 spiro atoms. The number of benzene rings is 2. The van der Waals surface area contributed by atoms with Crippen molar-refractivity contribution >= 4 is 22.9 Å². The zero-order valence-corrected chi connectivity index (χ0v) is 20.3. The van der Waals surface area contributed by atoms with Crippen molar-refractivity contribution in [3.63, 3.8) is 0 Å². The largest absolute Gasteiger partial charge is 0.365 e. The lowest BCUT2D eigenvalue weighted by Crippen LogP contribution is -2.27. The Hall–Kier alpha value is -4.79. The number of nitrogens with zero attached hydrogens (tertiary/aromatic N) is 2. The molecule has 186 valence electrons. The molecule has 4 N–H and O–H groups in total. The van der Waals surface area contributed by atoms with E-state index in [1.54, 1.807) is 43.6 Å². The van der Waals surface area contributed by atoms with Crippen molar-refractivity contribution in [3.8, 4) is 11.1 Å². The number of anilines is 1. The summed E-state index contributed by atoms with van der Waals surface area (Å²) in [7, 11) is 0. The average Bonchev–Trinajstić information content (AvgIpc) is 3.28. The van der Waals surface area contributed by atoms with E-state index in [1.807, 2.05) is 37.3 Å². The number of aryl methyl sites for hydroxylation is 1. The van der Waals surface area contributed by atoms with Crippen LogP contribution in [0, 0.1) is 12.7 Å². The second kappa shape index (κ2) is 10.1. The summed E-state index contributed by atoms with van der Waals surface area (Å²) in [5, 5.41) is 6.21. The van der Waals surface area contributed by atoms with Crippen LogP contribution in [0.1, 0.15) is 40.0 Å². The maximum atomic E-state index is 13.6. The topological polar surface area (TPSA) is 116 Å². The van der Waals surface area contributed by atoms with Crippen LogP contribution in [0.3, 0.4) is 0 Å². The van der Waals surface area contributed by atoms with E-state index in [2.05, 4.69) is 30.6 Å². The number of hydrogen-bond acceptors (Lipinski definition) is 5. The van der Waals surface area contributed by atoms with E-state index in [0.29, 0.717) is 34.7 Å². The van der Waals surface area contributed by atoms with E-state index >= 15 is 0 Å². The van der Waals surface area contributed by atoms with Crippen molar-refractivity contribution in [1.82, 2.24) is 25.3 Å². The number of imidazole rings is 1. The van der Waals surface area contributed by atoms with Gasteiger partial charge in [0.1, 0.15) is 11.6 Å². The highest BCUT2D eigenvalue weighted by atomic mass is 19.1. The van der Waals surface area contributed by atoms with Crippen LogP contribution in [0.15, 0.2) is 77.9 Å². The highest BCUT2D eigenvalue weighted by Crippen LogP contribution is 2.22. The summed E-state index contributed by atoms with van der Waals surface area (Å²) in [6.07, 6.45) is 3.34. The third-order valence-corrected chi connectivity index (χ3v) is 6.20. The molecule has 1 amide bonds. The zero-order valence-electron chi connectivity index (χ0n) is 20.3. The highest BCUT2D eigenvalue weighted by molar-refractivity contribution is 5.98. The maximum Gasteiger partial charge on any atom is 0.325 e. The summed E-state index contributed by atoms with van der Waals surface area (Å²) in [5.41, 5.74) is 5.51. The number of halogens is 1. The molecule has 0 aliphatic carbocycles. The molecule has 0 fully saturated rings. The van der Waals surface area contributed by atoms with Gasteiger partial charge in [0.15, 0.2) is 5.65 Å². The van der Waals surface area contributed by atoms with E-state index in [9.17, 15) is 14.0 Å². The lowest BCUT2D eigenvalue weighted by molar-refractivity contribution is 0.0940. The Morgan fingerprint density at radius 3 is 2.62 bits per heavy atom. The maximum absolute atomic E-state index is 13.6. The van der Waals surface area contributed by atoms with Gasteiger partial charge in [0.05, 0.1) is 17.1 Å². The van der Waals surface area contributed by atoms with E-state index < -0.39 is 0 Å². The molecule has 0 saturated heterocycles. The van der Waals surface area contributed by atoms with Crippen LogP contribution in [-0.4, -0.2) is 25.8 Å². The molecule has 0 bridgehead atoms. The Morgan fingerprint density at radius 1 is 1.03 bits per heavy atom. The molecule has 5 rings (SSSR count). The van der Waals surface area contributed by atoms with E-state index in [1.165, 1.54) is 6.07 Å². The molecule has 3 heterocycles. The van der Waals surface area contributed by atoms with Gasteiger partial charge in [-0.2, -0.15) is 0 Å². The monoisotopic (exact) mass is 496 g/mol. The molecule has 3 aromatic heterocycles. The third-order valence-electron chi connectivity index (χ3n) is 6.20. The van der Waals surface area contributed by atoms with Gasteiger partial charge in [0, 0.05) is 24.5 Å². The molecular weight excluding hydrogens is 471 g/mol. The van der Waals surface area contributed by atoms with E-state index in [-0.39, 0.29) is 23.5 Å². The van der Waals surface area contributed by atoms with Crippen LogP contribution >= 0.6 is 0 Å². The molecule has 0 aliphatic rings. The van der Waals surface area contributed by atoms with Crippen LogP contribution in [0.4, 0.5) is 10.2 Å². The van der Waals surface area contributed by atoms with Crippen molar-refractivity contribution in [3.05, 3.63) is 112 Å². The second-order valence-electron chi connectivity index (χ2n) is 8.85. The minimum Gasteiger partial charge on any atom is -0.365 e. The van der Waals surface area contributed by atoms with Gasteiger partial charge in [-0.05, 0) is 60.4 Å². The van der Waals surface area contributed by atoms with Gasteiger partial charge in [-0.3, -0.25) is 9.78 Å². The minimum atomic E-state index is -0.301. The first-order valence-corrected chi connectivity index (χ1v) is 11.8. The Labute approximate surface area is 212 Å². The summed E-state index contributed by atoms with van der Waals surface area (Å²) in [6.45, 7) is 4.02. The third kappa shape index (κ3) is 5.25. The quantitative estimate of drug-likeness (QED) is 0.257. The molecule has 8 nitrogen and oxygen atoms in total. The van der Waals surface area contributed by atoms with Crippen molar-refractivity contribution in [2.75, 3.05) is 5.32 Å². The van der Waals surface area contributed by atoms with Crippen LogP contribution in [0.25, 0.3) is 22.3 Å². The fourth-order valence-corrected chi connectivity index (χ4v) is 4.10. The fourth-order valence-electron chi connectivity index (χ4n) is 4.10. The number of hydrogen-bond donors (Lipinski definition) is 4. The number of aromatic nitrogens is 4. The van der Waals surface area contributed by atoms with E-state index in [0.717, 1.165) is 22.3 Å². The summed E-state index contributed by atoms with van der Waals surface area (Å²) in [5.74, 6) is -0.0764. The molecule has 5 aromatic rings. The summed E-state index contributed by atoms with van der Waals surface area (Å²) >= 11 is 0. The predicted molar refractivity (Wildman–Crippen MR) is 141 cm³/mol. The van der Waals surface area contributed by atoms with Crippen LogP contribution in [0.5, 0.6) is 0 Å². The van der Waals surface area contributed by atoms with Crippen molar-refractivity contribution < 1.29 is 9.18 Å². The molecule has 2 aromatic carbocycles. The first-order chi connectivity index (χ1) is 17.9. The number of carbonyl (C=O) groups is 1. The SMILES string of the molecule is Cc1cc([C@H](C)NC(=O)c2cccnc2NCc2ccc(-c3cnc4[nH]c(=O)[nH]c4c3)cc2)ccc1F. The molecule has 37 heavy (non-hydrogen) atoms. The second-order valence-corrected chi connectivity index (χ2v) is 8.85. The number of rotatable bonds is 7. The van der Waals surface area contributed by atoms with Gasteiger partial charge in [-0.15, -0.1) is 0 Å². The molecule has 0 saturated carbocycles. The number of aromatic amines is 2. The van der Waals surface area contributed by atoms with Gasteiger partial charge >= 0.3 is 5.69 Å². The van der Waals surface area contributed by atoms with Crippen molar-refractivity contribution in [2.45, 2.75) is 26.4 Å². The summed E-state index contributed by atoms with van der Waals surface area (Å²) in [4.78, 5) is 38.5.